The highest BCUT2D eigenvalue weighted by atomic mass is 32.1. The molecule has 8 heteroatoms. The van der Waals surface area contributed by atoms with Gasteiger partial charge in [0.15, 0.2) is 5.75 Å². The number of methoxy groups -OCH3 is 1. The van der Waals surface area contributed by atoms with Crippen molar-refractivity contribution in [3.63, 3.8) is 0 Å². The van der Waals surface area contributed by atoms with E-state index < -0.39 is 11.4 Å². The second-order valence-corrected chi connectivity index (χ2v) is 9.36. The smallest absolute Gasteiger partial charge is 0.341 e. The van der Waals surface area contributed by atoms with Gasteiger partial charge in [-0.3, -0.25) is 4.79 Å². The lowest BCUT2D eigenvalue weighted by molar-refractivity contribution is 0.0695. The number of aromatic amines is 1. The number of benzene rings is 1. The third-order valence-electron chi connectivity index (χ3n) is 6.11. The first-order valence-electron chi connectivity index (χ1n) is 10.8. The van der Waals surface area contributed by atoms with Gasteiger partial charge in [0.05, 0.1) is 23.7 Å². The maximum Gasteiger partial charge on any atom is 0.341 e. The summed E-state index contributed by atoms with van der Waals surface area (Å²) >= 11 is 1.76. The fourth-order valence-corrected chi connectivity index (χ4v) is 5.69. The van der Waals surface area contributed by atoms with Crippen LogP contribution in [0.15, 0.2) is 28.3 Å². The van der Waals surface area contributed by atoms with Crippen molar-refractivity contribution >= 4 is 33.9 Å². The molecule has 2 N–H and O–H groups in total. The number of hydrogen-bond acceptors (Lipinski definition) is 6. The summed E-state index contributed by atoms with van der Waals surface area (Å²) in [6, 6.07) is 4.08. The number of rotatable bonds is 6. The van der Waals surface area contributed by atoms with E-state index in [0.29, 0.717) is 29.2 Å². The van der Waals surface area contributed by atoms with Crippen LogP contribution in [0.3, 0.4) is 0 Å². The summed E-state index contributed by atoms with van der Waals surface area (Å²) in [5, 5.41) is 14.0. The lowest BCUT2D eigenvalue weighted by Crippen LogP contribution is -2.16. The number of oxime groups is 1. The lowest BCUT2D eigenvalue weighted by atomic mass is 9.94. The highest BCUT2D eigenvalue weighted by molar-refractivity contribution is 7.15. The summed E-state index contributed by atoms with van der Waals surface area (Å²) in [6.45, 7) is 2.49. The van der Waals surface area contributed by atoms with Crippen LogP contribution in [0.1, 0.15) is 58.5 Å². The quantitative estimate of drug-likeness (QED) is 0.527. The Morgan fingerprint density at radius 1 is 1.31 bits per heavy atom. The van der Waals surface area contributed by atoms with Gasteiger partial charge in [0.25, 0.3) is 0 Å². The van der Waals surface area contributed by atoms with Crippen molar-refractivity contribution in [3.8, 4) is 16.2 Å². The molecule has 2 aliphatic rings. The van der Waals surface area contributed by atoms with Gasteiger partial charge in [0.1, 0.15) is 12.2 Å². The number of aromatic nitrogens is 1. The largest absolute Gasteiger partial charge is 0.494 e. The van der Waals surface area contributed by atoms with E-state index in [-0.39, 0.29) is 5.56 Å². The topological polar surface area (TPSA) is 101 Å². The molecule has 7 nitrogen and oxygen atoms in total. The van der Waals surface area contributed by atoms with Gasteiger partial charge in [0, 0.05) is 27.9 Å². The molecule has 1 fully saturated rings. The number of ether oxygens (including phenoxy) is 1. The Morgan fingerprint density at radius 2 is 2.12 bits per heavy atom. The van der Waals surface area contributed by atoms with Gasteiger partial charge in [-0.1, -0.05) is 5.16 Å². The molecule has 2 aliphatic carbocycles. The summed E-state index contributed by atoms with van der Waals surface area (Å²) in [5.74, 6) is -0.287. The first-order chi connectivity index (χ1) is 15.5. The van der Waals surface area contributed by atoms with Crippen molar-refractivity contribution < 1.29 is 19.5 Å². The van der Waals surface area contributed by atoms with E-state index >= 15 is 0 Å². The molecule has 1 aromatic carbocycles. The molecule has 5 rings (SSSR count). The van der Waals surface area contributed by atoms with E-state index in [1.807, 2.05) is 13.0 Å². The second-order valence-electron chi connectivity index (χ2n) is 8.22. The molecule has 32 heavy (non-hydrogen) atoms. The Balaban J connectivity index is 1.69. The zero-order valence-electron chi connectivity index (χ0n) is 18.0. The summed E-state index contributed by atoms with van der Waals surface area (Å²) < 4.78 is 5.84. The van der Waals surface area contributed by atoms with Gasteiger partial charge >= 0.3 is 5.97 Å². The van der Waals surface area contributed by atoms with E-state index in [1.165, 1.54) is 16.6 Å². The molecule has 0 unspecified atom stereocenters. The Bertz CT molecular complexity index is 1320. The SMILES string of the molecule is CCO/N=C1\CCc2sc(-c3c(C4CC4)cc4c(=O)c(C(=O)O)c[nH]c4c3OC)cc2C1. The number of pyridine rings is 1. The summed E-state index contributed by atoms with van der Waals surface area (Å²) in [5.41, 5.74) is 4.16. The van der Waals surface area contributed by atoms with E-state index in [0.717, 1.165) is 53.8 Å². The predicted molar refractivity (Wildman–Crippen MR) is 124 cm³/mol. The number of H-pyrrole nitrogens is 1. The number of aryl methyl sites for hydroxylation is 1. The van der Waals surface area contributed by atoms with E-state index in [2.05, 4.69) is 16.2 Å². The summed E-state index contributed by atoms with van der Waals surface area (Å²) in [6.07, 6.45) is 5.95. The van der Waals surface area contributed by atoms with Crippen molar-refractivity contribution in [2.24, 2.45) is 5.16 Å². The molecule has 0 atom stereocenters. The molecular weight excluding hydrogens is 428 g/mol. The van der Waals surface area contributed by atoms with Crippen LogP contribution in [0.2, 0.25) is 0 Å². The highest BCUT2D eigenvalue weighted by Gasteiger charge is 2.32. The van der Waals surface area contributed by atoms with Crippen LogP contribution in [0.25, 0.3) is 21.3 Å². The maximum absolute atomic E-state index is 12.9. The minimum atomic E-state index is -1.24. The Kier molecular flexibility index (Phi) is 5.25. The first kappa shape index (κ1) is 20.8. The average molecular weight is 453 g/mol. The molecule has 0 radical (unpaired) electrons. The second kappa shape index (κ2) is 8.09. The minimum absolute atomic E-state index is 0.262. The molecule has 2 aromatic heterocycles. The van der Waals surface area contributed by atoms with Gasteiger partial charge in [-0.2, -0.15) is 0 Å². The van der Waals surface area contributed by atoms with Crippen LogP contribution in [-0.4, -0.2) is 35.5 Å². The lowest BCUT2D eigenvalue weighted by Gasteiger charge is -2.16. The monoisotopic (exact) mass is 452 g/mol. The molecule has 1 saturated carbocycles. The molecule has 0 amide bonds. The van der Waals surface area contributed by atoms with Gasteiger partial charge < -0.3 is 19.7 Å². The summed E-state index contributed by atoms with van der Waals surface area (Å²) in [7, 11) is 1.60. The fourth-order valence-electron chi connectivity index (χ4n) is 4.44. The van der Waals surface area contributed by atoms with Crippen LogP contribution in [0.5, 0.6) is 5.75 Å². The minimum Gasteiger partial charge on any atom is -0.494 e. The van der Waals surface area contributed by atoms with Gasteiger partial charge in [0.2, 0.25) is 5.43 Å². The van der Waals surface area contributed by atoms with Gasteiger partial charge in [-0.15, -0.1) is 11.3 Å². The maximum atomic E-state index is 12.9. The Morgan fingerprint density at radius 3 is 2.81 bits per heavy atom. The Labute approximate surface area is 188 Å². The van der Waals surface area contributed by atoms with Gasteiger partial charge in [-0.05, 0) is 61.8 Å². The van der Waals surface area contributed by atoms with Crippen LogP contribution in [0.4, 0.5) is 0 Å². The Hall–Kier alpha value is -3.13. The number of fused-ring (bicyclic) bond motifs is 2. The number of carboxylic acid groups (broad SMARTS) is 1. The fraction of sp³-hybridized carbons (Fsp3) is 0.375. The number of carbonyl (C=O) groups is 1. The van der Waals surface area contributed by atoms with Crippen LogP contribution in [0, 0.1) is 0 Å². The molecule has 0 aliphatic heterocycles. The number of nitrogens with one attached hydrogen (secondary N) is 1. The van der Waals surface area contributed by atoms with Crippen LogP contribution in [-0.2, 0) is 17.7 Å². The van der Waals surface area contributed by atoms with Crippen LogP contribution < -0.4 is 10.2 Å². The highest BCUT2D eigenvalue weighted by Crippen LogP contribution is 2.51. The first-order valence-corrected chi connectivity index (χ1v) is 11.6. The van der Waals surface area contributed by atoms with Crippen molar-refractivity contribution in [3.05, 3.63) is 50.1 Å². The number of nitrogens with zero attached hydrogens (tertiary/aromatic N) is 1. The van der Waals surface area contributed by atoms with E-state index in [1.54, 1.807) is 18.4 Å². The van der Waals surface area contributed by atoms with Crippen molar-refractivity contribution in [1.29, 1.82) is 0 Å². The van der Waals surface area contributed by atoms with Crippen molar-refractivity contribution in [2.45, 2.75) is 44.9 Å². The summed E-state index contributed by atoms with van der Waals surface area (Å²) in [4.78, 5) is 35.1. The third kappa shape index (κ3) is 3.48. The molecule has 0 bridgehead atoms. The third-order valence-corrected chi connectivity index (χ3v) is 7.37. The van der Waals surface area contributed by atoms with E-state index in [9.17, 15) is 14.7 Å². The molecule has 0 saturated heterocycles. The number of carboxylic acids is 1. The molecule has 3 aromatic rings. The number of aromatic carboxylic acids is 1. The predicted octanol–water partition coefficient (Wildman–Crippen LogP) is 4.72. The van der Waals surface area contributed by atoms with Gasteiger partial charge in [-0.25, -0.2) is 4.79 Å². The van der Waals surface area contributed by atoms with Crippen LogP contribution >= 0.6 is 11.3 Å². The number of hydrogen-bond donors (Lipinski definition) is 2. The van der Waals surface area contributed by atoms with Crippen molar-refractivity contribution in [2.75, 3.05) is 13.7 Å². The molecule has 0 spiro atoms. The van der Waals surface area contributed by atoms with Crippen molar-refractivity contribution in [1.82, 2.24) is 4.98 Å². The standard InChI is InChI=1S/C24H24N2O5S/c1-3-31-26-14-6-7-18-13(8-14)9-19(32-18)20-15(12-4-5-12)10-16-21(23(20)30-2)25-11-17(22(16)27)24(28)29/h9-12H,3-8H2,1-2H3,(H,25,27)(H,28,29)/b26-14+. The zero-order chi connectivity index (χ0) is 22.4. The average Bonchev–Trinajstić information content (AvgIpc) is 3.55. The number of thiophene rings is 1. The molecular formula is C24H24N2O5S. The van der Waals surface area contributed by atoms with E-state index in [4.69, 9.17) is 9.57 Å². The normalized spacial score (nSPS) is 16.9. The molecule has 166 valence electrons. The zero-order valence-corrected chi connectivity index (χ0v) is 18.8. The molecule has 2 heterocycles.